The number of urea groups is 1. The van der Waals surface area contributed by atoms with Crippen LogP contribution in [0.5, 0.6) is 11.5 Å². The van der Waals surface area contributed by atoms with Crippen molar-refractivity contribution in [1.29, 1.82) is 0 Å². The summed E-state index contributed by atoms with van der Waals surface area (Å²) in [5, 5.41) is 2.67. The summed E-state index contributed by atoms with van der Waals surface area (Å²) in [5.41, 5.74) is 0.953. The van der Waals surface area contributed by atoms with Crippen molar-refractivity contribution in [3.63, 3.8) is 0 Å². The molecule has 4 amide bonds. The molecule has 0 saturated carbocycles. The van der Waals surface area contributed by atoms with E-state index >= 15 is 0 Å². The van der Waals surface area contributed by atoms with Crippen LogP contribution in [0.4, 0.5) is 13.6 Å². The summed E-state index contributed by atoms with van der Waals surface area (Å²) in [5.74, 6) is -1.02. The van der Waals surface area contributed by atoms with Crippen molar-refractivity contribution in [1.82, 2.24) is 15.1 Å². The standard InChI is InChI=1S/C23H25F2N3O5/c1-14-5-8-16(9-6-14)23(2)20(30)28(22(31)26-23)13-19(29)27(3)12-15-7-10-17(33-21(24)25)18(11-15)32-4/h5-11,21H,12-13H2,1-4H3,(H,26,31)/t23-/m0/s1. The molecule has 8 nitrogen and oxygen atoms in total. The first-order valence-corrected chi connectivity index (χ1v) is 10.1. The van der Waals surface area contributed by atoms with Crippen LogP contribution in [0.3, 0.4) is 0 Å². The number of methoxy groups -OCH3 is 1. The molecule has 0 bridgehead atoms. The van der Waals surface area contributed by atoms with E-state index in [1.165, 1.54) is 37.3 Å². The maximum Gasteiger partial charge on any atom is 0.387 e. The van der Waals surface area contributed by atoms with E-state index in [9.17, 15) is 23.2 Å². The van der Waals surface area contributed by atoms with E-state index in [4.69, 9.17) is 4.74 Å². The minimum atomic E-state index is -3.00. The summed E-state index contributed by atoms with van der Waals surface area (Å²) < 4.78 is 34.5. The summed E-state index contributed by atoms with van der Waals surface area (Å²) in [6.07, 6.45) is 0. The molecule has 1 aliphatic heterocycles. The Labute approximate surface area is 190 Å². The third-order valence-corrected chi connectivity index (χ3v) is 5.49. The van der Waals surface area contributed by atoms with Gasteiger partial charge in [-0.15, -0.1) is 0 Å². The molecule has 0 unspecified atom stereocenters. The Morgan fingerprint density at radius 3 is 2.42 bits per heavy atom. The van der Waals surface area contributed by atoms with E-state index in [2.05, 4.69) is 10.1 Å². The second-order valence-corrected chi connectivity index (χ2v) is 7.93. The zero-order valence-corrected chi connectivity index (χ0v) is 18.7. The molecule has 0 aliphatic carbocycles. The van der Waals surface area contributed by atoms with Crippen molar-refractivity contribution in [2.75, 3.05) is 20.7 Å². The number of amides is 4. The van der Waals surface area contributed by atoms with Gasteiger partial charge >= 0.3 is 12.6 Å². The molecule has 2 aromatic rings. The number of ether oxygens (including phenoxy) is 2. The van der Waals surface area contributed by atoms with Gasteiger partial charge < -0.3 is 19.7 Å². The minimum absolute atomic E-state index is 0.0941. The predicted molar refractivity (Wildman–Crippen MR) is 115 cm³/mol. The summed E-state index contributed by atoms with van der Waals surface area (Å²) in [7, 11) is 2.82. The van der Waals surface area contributed by atoms with Crippen molar-refractivity contribution < 1.29 is 32.6 Å². The number of rotatable bonds is 8. The molecule has 2 aromatic carbocycles. The highest BCUT2D eigenvalue weighted by molar-refractivity contribution is 6.09. The number of nitrogens with zero attached hydrogens (tertiary/aromatic N) is 2. The number of aryl methyl sites for hydroxylation is 1. The molecule has 1 heterocycles. The van der Waals surface area contributed by atoms with Crippen LogP contribution in [-0.2, 0) is 21.7 Å². The Hall–Kier alpha value is -3.69. The lowest BCUT2D eigenvalue weighted by Gasteiger charge is -2.23. The summed E-state index contributed by atoms with van der Waals surface area (Å²) in [6, 6.07) is 10.9. The average Bonchev–Trinajstić information content (AvgIpc) is 2.98. The van der Waals surface area contributed by atoms with Gasteiger partial charge in [0.25, 0.3) is 5.91 Å². The molecular formula is C23H25F2N3O5. The molecule has 1 saturated heterocycles. The lowest BCUT2D eigenvalue weighted by molar-refractivity contribution is -0.138. The fourth-order valence-corrected chi connectivity index (χ4v) is 3.54. The van der Waals surface area contributed by atoms with E-state index in [0.29, 0.717) is 11.1 Å². The third-order valence-electron chi connectivity index (χ3n) is 5.49. The number of hydrogen-bond acceptors (Lipinski definition) is 5. The Balaban J connectivity index is 1.69. The molecule has 1 N–H and O–H groups in total. The van der Waals surface area contributed by atoms with Gasteiger partial charge in [-0.25, -0.2) is 4.79 Å². The summed E-state index contributed by atoms with van der Waals surface area (Å²) in [4.78, 5) is 40.5. The van der Waals surface area contributed by atoms with Crippen LogP contribution in [0.1, 0.15) is 23.6 Å². The number of imide groups is 1. The van der Waals surface area contributed by atoms with Gasteiger partial charge in [-0.05, 0) is 37.1 Å². The van der Waals surface area contributed by atoms with E-state index in [1.54, 1.807) is 19.1 Å². The molecule has 176 valence electrons. The molecule has 1 fully saturated rings. The summed E-state index contributed by atoms with van der Waals surface area (Å²) in [6.45, 7) is 0.178. The maximum absolute atomic E-state index is 13.0. The van der Waals surface area contributed by atoms with Gasteiger partial charge in [0.2, 0.25) is 5.91 Å². The molecule has 0 radical (unpaired) electrons. The molecule has 33 heavy (non-hydrogen) atoms. The largest absolute Gasteiger partial charge is 0.493 e. The smallest absolute Gasteiger partial charge is 0.387 e. The predicted octanol–water partition coefficient (Wildman–Crippen LogP) is 3.03. The Morgan fingerprint density at radius 2 is 1.82 bits per heavy atom. The molecule has 10 heteroatoms. The zero-order valence-electron chi connectivity index (χ0n) is 18.7. The van der Waals surface area contributed by atoms with Crippen LogP contribution >= 0.6 is 0 Å². The van der Waals surface area contributed by atoms with Crippen molar-refractivity contribution in [2.45, 2.75) is 32.5 Å². The van der Waals surface area contributed by atoms with Crippen LogP contribution in [0.15, 0.2) is 42.5 Å². The topological polar surface area (TPSA) is 88.2 Å². The highest BCUT2D eigenvalue weighted by Crippen LogP contribution is 2.31. The van der Waals surface area contributed by atoms with Gasteiger partial charge in [0, 0.05) is 13.6 Å². The van der Waals surface area contributed by atoms with Crippen molar-refractivity contribution in [3.05, 3.63) is 59.2 Å². The Morgan fingerprint density at radius 1 is 1.15 bits per heavy atom. The lowest BCUT2D eigenvalue weighted by atomic mass is 9.91. The normalized spacial score (nSPS) is 17.8. The van der Waals surface area contributed by atoms with Crippen molar-refractivity contribution in [2.24, 2.45) is 0 Å². The number of alkyl halides is 2. The van der Waals surface area contributed by atoms with Gasteiger partial charge in [0.1, 0.15) is 12.1 Å². The first kappa shape index (κ1) is 24.0. The van der Waals surface area contributed by atoms with Crippen molar-refractivity contribution >= 4 is 17.8 Å². The first-order chi connectivity index (χ1) is 15.5. The molecule has 1 aliphatic rings. The fourth-order valence-electron chi connectivity index (χ4n) is 3.54. The van der Waals surface area contributed by atoms with Crippen LogP contribution in [0.2, 0.25) is 0 Å². The Bertz CT molecular complexity index is 1060. The number of likely N-dealkylation sites (N-methyl/N-ethyl adjacent to an activating group) is 1. The van der Waals surface area contributed by atoms with Crippen LogP contribution in [-0.4, -0.2) is 55.0 Å². The number of hydrogen-bond donors (Lipinski definition) is 1. The van der Waals surface area contributed by atoms with E-state index in [0.717, 1.165) is 10.5 Å². The number of benzene rings is 2. The molecule has 0 spiro atoms. The molecular weight excluding hydrogens is 436 g/mol. The van der Waals surface area contributed by atoms with Crippen LogP contribution < -0.4 is 14.8 Å². The van der Waals surface area contributed by atoms with Gasteiger partial charge in [-0.1, -0.05) is 35.9 Å². The highest BCUT2D eigenvalue weighted by Gasteiger charge is 2.49. The van der Waals surface area contributed by atoms with Gasteiger partial charge in [0.15, 0.2) is 11.5 Å². The second kappa shape index (κ2) is 9.43. The number of nitrogens with one attached hydrogen (secondary N) is 1. The van der Waals surface area contributed by atoms with E-state index in [1.807, 2.05) is 19.1 Å². The number of carbonyl (C=O) groups excluding carboxylic acids is 3. The van der Waals surface area contributed by atoms with Crippen LogP contribution in [0.25, 0.3) is 0 Å². The SMILES string of the molecule is COc1cc(CN(C)C(=O)CN2C(=O)N[C@@](C)(c3ccc(C)cc3)C2=O)ccc1OC(F)F. The van der Waals surface area contributed by atoms with Crippen molar-refractivity contribution in [3.8, 4) is 11.5 Å². The van der Waals surface area contributed by atoms with E-state index < -0.39 is 36.5 Å². The van der Waals surface area contributed by atoms with Gasteiger partial charge in [0.05, 0.1) is 7.11 Å². The monoisotopic (exact) mass is 461 g/mol. The number of halogens is 2. The van der Waals surface area contributed by atoms with E-state index in [-0.39, 0.29) is 18.0 Å². The van der Waals surface area contributed by atoms with Gasteiger partial charge in [-0.3, -0.25) is 14.5 Å². The molecule has 0 aromatic heterocycles. The zero-order chi connectivity index (χ0) is 24.3. The minimum Gasteiger partial charge on any atom is -0.493 e. The first-order valence-electron chi connectivity index (χ1n) is 10.1. The quantitative estimate of drug-likeness (QED) is 0.611. The van der Waals surface area contributed by atoms with Gasteiger partial charge in [-0.2, -0.15) is 8.78 Å². The maximum atomic E-state index is 13.0. The third kappa shape index (κ3) is 5.05. The summed E-state index contributed by atoms with van der Waals surface area (Å²) >= 11 is 0. The van der Waals surface area contributed by atoms with Crippen LogP contribution in [0, 0.1) is 6.92 Å². The molecule has 3 rings (SSSR count). The average molecular weight is 461 g/mol. The fraction of sp³-hybridized carbons (Fsp3) is 0.348. The highest BCUT2D eigenvalue weighted by atomic mass is 19.3. The Kier molecular flexibility index (Phi) is 6.85. The lowest BCUT2D eigenvalue weighted by Crippen LogP contribution is -2.43. The second-order valence-electron chi connectivity index (χ2n) is 7.93. The molecule has 1 atom stereocenters. The number of carbonyl (C=O) groups is 3.